The molecular formula is C26H30N2O. The van der Waals surface area contributed by atoms with Crippen LogP contribution in [0, 0.1) is 13.8 Å². The first-order valence-corrected chi connectivity index (χ1v) is 10.1. The lowest BCUT2D eigenvalue weighted by Gasteiger charge is -2.14. The van der Waals surface area contributed by atoms with E-state index in [0.29, 0.717) is 18.8 Å². The molecule has 0 saturated heterocycles. The van der Waals surface area contributed by atoms with E-state index in [1.807, 2.05) is 25.1 Å². The van der Waals surface area contributed by atoms with Gasteiger partial charge in [0.1, 0.15) is 11.9 Å². The van der Waals surface area contributed by atoms with Crippen LogP contribution in [0.25, 0.3) is 0 Å². The molecule has 3 rings (SSSR count). The molecule has 0 amide bonds. The summed E-state index contributed by atoms with van der Waals surface area (Å²) in [6, 6.07) is 25.1. The van der Waals surface area contributed by atoms with Crippen LogP contribution in [-0.2, 0) is 12.8 Å². The Kier molecular flexibility index (Phi) is 7.07. The third-order valence-electron chi connectivity index (χ3n) is 4.99. The van der Waals surface area contributed by atoms with E-state index in [2.05, 4.69) is 73.4 Å². The molecule has 0 saturated carbocycles. The van der Waals surface area contributed by atoms with Crippen LogP contribution in [0.1, 0.15) is 34.7 Å². The third kappa shape index (κ3) is 6.49. The Morgan fingerprint density at radius 2 is 1.62 bits per heavy atom. The Morgan fingerprint density at radius 3 is 2.38 bits per heavy atom. The van der Waals surface area contributed by atoms with Crippen molar-refractivity contribution in [2.45, 2.75) is 39.7 Å². The average Bonchev–Trinajstić information content (AvgIpc) is 2.70. The molecule has 0 aromatic heterocycles. The van der Waals surface area contributed by atoms with E-state index in [0.717, 1.165) is 12.2 Å². The second kappa shape index (κ2) is 9.92. The van der Waals surface area contributed by atoms with E-state index in [1.54, 1.807) is 0 Å². The van der Waals surface area contributed by atoms with E-state index >= 15 is 0 Å². The molecule has 0 fully saturated rings. The zero-order valence-electron chi connectivity index (χ0n) is 17.6. The Morgan fingerprint density at radius 1 is 0.862 bits per heavy atom. The molecule has 3 heteroatoms. The van der Waals surface area contributed by atoms with Crippen LogP contribution in [0.4, 0.5) is 0 Å². The molecule has 0 aliphatic rings. The summed E-state index contributed by atoms with van der Waals surface area (Å²) in [6.07, 6.45) is 1.52. The van der Waals surface area contributed by atoms with Gasteiger partial charge in [-0.3, -0.25) is 4.99 Å². The maximum absolute atomic E-state index is 6.14. The summed E-state index contributed by atoms with van der Waals surface area (Å²) >= 11 is 0. The standard InChI is InChI=1S/C26H30N2O/c1-19-12-13-24(14-20(19)2)17-26(27)28-18-21(3)29-25-11-7-10-23(16-25)15-22-8-5-4-6-9-22/h4-14,16,21H,15,17-18H2,1-3H3,(H2,27,28). The van der Waals surface area contributed by atoms with E-state index < -0.39 is 0 Å². The van der Waals surface area contributed by atoms with Crippen LogP contribution in [0.2, 0.25) is 0 Å². The monoisotopic (exact) mass is 386 g/mol. The van der Waals surface area contributed by atoms with Gasteiger partial charge in [-0.1, -0.05) is 60.7 Å². The predicted molar refractivity (Wildman–Crippen MR) is 122 cm³/mol. The number of aliphatic imine (C=N–C) groups is 1. The van der Waals surface area contributed by atoms with E-state index in [-0.39, 0.29) is 6.10 Å². The van der Waals surface area contributed by atoms with Crippen LogP contribution >= 0.6 is 0 Å². The largest absolute Gasteiger partial charge is 0.489 e. The van der Waals surface area contributed by atoms with Crippen molar-refractivity contribution in [3.8, 4) is 5.75 Å². The molecule has 3 nitrogen and oxygen atoms in total. The van der Waals surface area contributed by atoms with Crippen LogP contribution in [-0.4, -0.2) is 18.5 Å². The zero-order valence-corrected chi connectivity index (χ0v) is 17.6. The van der Waals surface area contributed by atoms with Crippen molar-refractivity contribution in [2.24, 2.45) is 10.7 Å². The lowest BCUT2D eigenvalue weighted by atomic mass is 10.0. The first-order chi connectivity index (χ1) is 14.0. The number of nitrogens with zero attached hydrogens (tertiary/aromatic N) is 1. The minimum atomic E-state index is -0.0414. The fourth-order valence-corrected chi connectivity index (χ4v) is 3.25. The number of hydrogen-bond donors (Lipinski definition) is 1. The summed E-state index contributed by atoms with van der Waals surface area (Å²) < 4.78 is 6.07. The van der Waals surface area contributed by atoms with Gasteiger partial charge >= 0.3 is 0 Å². The Hall–Kier alpha value is -3.07. The Balaban J connectivity index is 1.54. The van der Waals surface area contributed by atoms with Gasteiger partial charge in [-0.25, -0.2) is 0 Å². The van der Waals surface area contributed by atoms with Gasteiger partial charge in [-0.05, 0) is 67.1 Å². The van der Waals surface area contributed by atoms with Crippen molar-refractivity contribution in [1.82, 2.24) is 0 Å². The minimum absolute atomic E-state index is 0.0414. The molecule has 3 aromatic carbocycles. The van der Waals surface area contributed by atoms with Crippen molar-refractivity contribution in [2.75, 3.05) is 6.54 Å². The van der Waals surface area contributed by atoms with Crippen LogP contribution in [0.15, 0.2) is 77.8 Å². The second-order valence-electron chi connectivity index (χ2n) is 7.67. The summed E-state index contributed by atoms with van der Waals surface area (Å²) in [5.74, 6) is 1.51. The molecule has 0 aliphatic carbocycles. The number of nitrogens with two attached hydrogens (primary N) is 1. The lowest BCUT2D eigenvalue weighted by Crippen LogP contribution is -2.21. The average molecular weight is 387 g/mol. The molecule has 2 N–H and O–H groups in total. The SMILES string of the molecule is Cc1ccc(CC(N)=NCC(C)Oc2cccc(Cc3ccccc3)c2)cc1C. The highest BCUT2D eigenvalue weighted by Gasteiger charge is 2.06. The van der Waals surface area contributed by atoms with Gasteiger partial charge in [0.2, 0.25) is 0 Å². The van der Waals surface area contributed by atoms with Gasteiger partial charge in [0.15, 0.2) is 0 Å². The summed E-state index contributed by atoms with van der Waals surface area (Å²) in [6.45, 7) is 6.80. The summed E-state index contributed by atoms with van der Waals surface area (Å²) in [7, 11) is 0. The van der Waals surface area contributed by atoms with Crippen LogP contribution in [0.5, 0.6) is 5.75 Å². The first-order valence-electron chi connectivity index (χ1n) is 10.1. The zero-order chi connectivity index (χ0) is 20.6. The van der Waals surface area contributed by atoms with E-state index in [1.165, 1.54) is 27.8 Å². The van der Waals surface area contributed by atoms with Gasteiger partial charge in [-0.15, -0.1) is 0 Å². The predicted octanol–water partition coefficient (Wildman–Crippen LogP) is 5.26. The quantitative estimate of drug-likeness (QED) is 0.424. The number of hydrogen-bond acceptors (Lipinski definition) is 2. The third-order valence-corrected chi connectivity index (χ3v) is 4.99. The number of benzene rings is 3. The maximum atomic E-state index is 6.14. The summed E-state index contributed by atoms with van der Waals surface area (Å²) in [4.78, 5) is 4.53. The number of aryl methyl sites for hydroxylation is 2. The first kappa shape index (κ1) is 20.7. The molecule has 29 heavy (non-hydrogen) atoms. The van der Waals surface area contributed by atoms with Crippen LogP contribution in [0.3, 0.4) is 0 Å². The molecular weight excluding hydrogens is 356 g/mol. The van der Waals surface area contributed by atoms with Gasteiger partial charge in [-0.2, -0.15) is 0 Å². The maximum Gasteiger partial charge on any atom is 0.120 e. The van der Waals surface area contributed by atoms with Gasteiger partial charge in [0.25, 0.3) is 0 Å². The van der Waals surface area contributed by atoms with E-state index in [4.69, 9.17) is 10.5 Å². The minimum Gasteiger partial charge on any atom is -0.489 e. The van der Waals surface area contributed by atoms with Crippen LogP contribution < -0.4 is 10.5 Å². The van der Waals surface area contributed by atoms with Crippen molar-refractivity contribution in [3.05, 3.63) is 101 Å². The normalized spacial score (nSPS) is 12.6. The lowest BCUT2D eigenvalue weighted by molar-refractivity contribution is 0.230. The molecule has 0 aliphatic heterocycles. The fourth-order valence-electron chi connectivity index (χ4n) is 3.25. The second-order valence-corrected chi connectivity index (χ2v) is 7.67. The number of amidine groups is 1. The van der Waals surface area contributed by atoms with Gasteiger partial charge in [0.05, 0.1) is 12.4 Å². The highest BCUT2D eigenvalue weighted by molar-refractivity contribution is 5.82. The highest BCUT2D eigenvalue weighted by atomic mass is 16.5. The summed E-state index contributed by atoms with van der Waals surface area (Å²) in [5, 5.41) is 0. The van der Waals surface area contributed by atoms with Crippen molar-refractivity contribution < 1.29 is 4.74 Å². The van der Waals surface area contributed by atoms with Crippen molar-refractivity contribution in [1.29, 1.82) is 0 Å². The number of rotatable bonds is 8. The van der Waals surface area contributed by atoms with Gasteiger partial charge < -0.3 is 10.5 Å². The molecule has 0 heterocycles. The van der Waals surface area contributed by atoms with Gasteiger partial charge in [0, 0.05) is 6.42 Å². The molecule has 0 spiro atoms. The smallest absolute Gasteiger partial charge is 0.120 e. The Bertz CT molecular complexity index is 963. The highest BCUT2D eigenvalue weighted by Crippen LogP contribution is 2.18. The molecule has 0 bridgehead atoms. The molecule has 1 unspecified atom stereocenters. The number of ether oxygens (including phenoxy) is 1. The topological polar surface area (TPSA) is 47.6 Å². The molecule has 150 valence electrons. The molecule has 0 radical (unpaired) electrons. The fraction of sp³-hybridized carbons (Fsp3) is 0.269. The Labute approximate surface area is 174 Å². The van der Waals surface area contributed by atoms with Crippen molar-refractivity contribution in [3.63, 3.8) is 0 Å². The molecule has 1 atom stereocenters. The molecule has 3 aromatic rings. The van der Waals surface area contributed by atoms with Crippen molar-refractivity contribution >= 4 is 5.84 Å². The summed E-state index contributed by atoms with van der Waals surface area (Å²) in [5.41, 5.74) is 12.4. The van der Waals surface area contributed by atoms with E-state index in [9.17, 15) is 0 Å².